The van der Waals surface area contributed by atoms with Gasteiger partial charge in [-0.25, -0.2) is 4.79 Å². The molecule has 2 heterocycles. The van der Waals surface area contributed by atoms with Gasteiger partial charge in [0, 0.05) is 31.1 Å². The van der Waals surface area contributed by atoms with E-state index in [1.165, 1.54) is 6.07 Å². The normalized spacial score (nSPS) is 17.0. The Balaban J connectivity index is 2.09. The fraction of sp³-hybridized carbons (Fsp3) is 0.500. The number of hydrogen-bond acceptors (Lipinski definition) is 5. The van der Waals surface area contributed by atoms with Gasteiger partial charge >= 0.3 is 5.63 Å². The number of hydrogen-bond donors (Lipinski definition) is 2. The summed E-state index contributed by atoms with van der Waals surface area (Å²) < 4.78 is 5.43. The monoisotopic (exact) mass is 317 g/mol. The van der Waals surface area contributed by atoms with Crippen LogP contribution >= 0.6 is 0 Å². The second-order valence-corrected chi connectivity index (χ2v) is 6.35. The largest absolute Gasteiger partial charge is 0.507 e. The van der Waals surface area contributed by atoms with Crippen LogP contribution in [0, 0.1) is 6.92 Å². The molecule has 0 unspecified atom stereocenters. The minimum Gasteiger partial charge on any atom is -0.507 e. The predicted octanol–water partition coefficient (Wildman–Crippen LogP) is 2.33. The summed E-state index contributed by atoms with van der Waals surface area (Å²) in [6.45, 7) is 5.95. The Hall–Kier alpha value is -1.85. The molecule has 0 aliphatic carbocycles. The smallest absolute Gasteiger partial charge is 0.336 e. The zero-order chi connectivity index (χ0) is 16.6. The van der Waals surface area contributed by atoms with Gasteiger partial charge in [0.2, 0.25) is 0 Å². The lowest BCUT2D eigenvalue weighted by molar-refractivity contribution is 0.0789. The first-order valence-corrected chi connectivity index (χ1v) is 8.18. The third-order valence-corrected chi connectivity index (χ3v) is 4.71. The molecule has 1 fully saturated rings. The molecule has 0 spiro atoms. The lowest BCUT2D eigenvalue weighted by atomic mass is 9.99. The lowest BCUT2D eigenvalue weighted by Gasteiger charge is -2.30. The number of phenolic OH excluding ortho intramolecular Hbond substituents is 1. The molecule has 2 aromatic rings. The third kappa shape index (κ3) is 3.12. The van der Waals surface area contributed by atoms with E-state index in [1.807, 2.05) is 19.9 Å². The molecule has 1 saturated heterocycles. The Kier molecular flexibility index (Phi) is 4.41. The molecule has 3 rings (SSSR count). The summed E-state index contributed by atoms with van der Waals surface area (Å²) in [5.41, 5.74) is 2.49. The molecule has 0 atom stereocenters. The van der Waals surface area contributed by atoms with Crippen molar-refractivity contribution in [2.75, 3.05) is 13.1 Å². The van der Waals surface area contributed by atoms with Crippen LogP contribution in [0.1, 0.15) is 36.5 Å². The maximum atomic E-state index is 11.8. The molecule has 23 heavy (non-hydrogen) atoms. The zero-order valence-electron chi connectivity index (χ0n) is 13.6. The van der Waals surface area contributed by atoms with Gasteiger partial charge in [-0.05, 0) is 43.4 Å². The first-order chi connectivity index (χ1) is 11.0. The van der Waals surface area contributed by atoms with Crippen molar-refractivity contribution in [2.24, 2.45) is 0 Å². The highest BCUT2D eigenvalue weighted by Crippen LogP contribution is 2.34. The highest BCUT2D eigenvalue weighted by Gasteiger charge is 2.22. The molecule has 0 amide bonds. The molecule has 2 N–H and O–H groups in total. The van der Waals surface area contributed by atoms with Crippen molar-refractivity contribution in [3.63, 3.8) is 0 Å². The average Bonchev–Trinajstić information content (AvgIpc) is 2.52. The van der Waals surface area contributed by atoms with Crippen molar-refractivity contribution in [3.8, 4) is 5.75 Å². The number of fused-ring (bicyclic) bond motifs is 1. The van der Waals surface area contributed by atoms with E-state index < -0.39 is 5.63 Å². The molecule has 1 aromatic carbocycles. The molecule has 0 saturated carbocycles. The number of likely N-dealkylation sites (tertiary alicyclic amines) is 1. The molecule has 0 radical (unpaired) electrons. The quantitative estimate of drug-likeness (QED) is 0.850. The summed E-state index contributed by atoms with van der Waals surface area (Å²) in [5.74, 6) is 0.222. The van der Waals surface area contributed by atoms with Crippen LogP contribution in [0.15, 0.2) is 21.3 Å². The summed E-state index contributed by atoms with van der Waals surface area (Å²) in [5, 5.41) is 21.1. The van der Waals surface area contributed by atoms with Crippen LogP contribution in [0.25, 0.3) is 11.0 Å². The summed E-state index contributed by atoms with van der Waals surface area (Å²) in [6.07, 6.45) is 1.94. The predicted molar refractivity (Wildman–Crippen MR) is 88.8 cm³/mol. The second kappa shape index (κ2) is 6.34. The van der Waals surface area contributed by atoms with Crippen LogP contribution in [0.3, 0.4) is 0 Å². The Morgan fingerprint density at radius 1 is 1.30 bits per heavy atom. The fourth-order valence-electron chi connectivity index (χ4n) is 3.28. The molecule has 0 bridgehead atoms. The highest BCUT2D eigenvalue weighted by molar-refractivity contribution is 5.86. The van der Waals surface area contributed by atoms with Gasteiger partial charge in [-0.3, -0.25) is 4.90 Å². The topological polar surface area (TPSA) is 73.9 Å². The first kappa shape index (κ1) is 16.0. The number of benzene rings is 1. The van der Waals surface area contributed by atoms with Crippen LogP contribution in [-0.2, 0) is 13.0 Å². The SMILES string of the molecule is CCc1cc2c(C)cc(=O)oc2c(CN2CCC(O)CC2)c1O. The molecule has 124 valence electrons. The van der Waals surface area contributed by atoms with E-state index in [-0.39, 0.29) is 11.9 Å². The van der Waals surface area contributed by atoms with Gasteiger partial charge in [0.25, 0.3) is 0 Å². The molecule has 1 aliphatic rings. The average molecular weight is 317 g/mol. The van der Waals surface area contributed by atoms with E-state index in [2.05, 4.69) is 4.90 Å². The maximum Gasteiger partial charge on any atom is 0.336 e. The number of aliphatic hydroxyl groups excluding tert-OH is 1. The van der Waals surface area contributed by atoms with Crippen molar-refractivity contribution in [2.45, 2.75) is 45.8 Å². The minimum absolute atomic E-state index is 0.222. The van der Waals surface area contributed by atoms with Crippen LogP contribution in [0.2, 0.25) is 0 Å². The number of rotatable bonds is 3. The molecular formula is C18H23NO4. The van der Waals surface area contributed by atoms with Gasteiger partial charge in [-0.1, -0.05) is 6.92 Å². The Morgan fingerprint density at radius 2 is 2.00 bits per heavy atom. The molecule has 1 aromatic heterocycles. The summed E-state index contributed by atoms with van der Waals surface area (Å²) in [4.78, 5) is 13.9. The number of aromatic hydroxyl groups is 1. The fourth-order valence-corrected chi connectivity index (χ4v) is 3.28. The van der Waals surface area contributed by atoms with Gasteiger partial charge < -0.3 is 14.6 Å². The Bertz CT molecular complexity index is 773. The van der Waals surface area contributed by atoms with Crippen molar-refractivity contribution < 1.29 is 14.6 Å². The lowest BCUT2D eigenvalue weighted by Crippen LogP contribution is -2.35. The van der Waals surface area contributed by atoms with E-state index in [0.717, 1.165) is 42.4 Å². The standard InChI is InChI=1S/C18H23NO4/c1-3-12-9-14-11(2)8-16(21)23-18(14)15(17(12)22)10-19-6-4-13(20)5-7-19/h8-9,13,20,22H,3-7,10H2,1-2H3. The number of piperidine rings is 1. The maximum absolute atomic E-state index is 11.8. The Labute approximate surface area is 135 Å². The van der Waals surface area contributed by atoms with E-state index >= 15 is 0 Å². The van der Waals surface area contributed by atoms with Crippen molar-refractivity contribution in [3.05, 3.63) is 39.2 Å². The minimum atomic E-state index is -0.394. The van der Waals surface area contributed by atoms with Crippen LogP contribution in [-0.4, -0.2) is 34.3 Å². The molecule has 1 aliphatic heterocycles. The second-order valence-electron chi connectivity index (χ2n) is 6.35. The molecule has 5 nitrogen and oxygen atoms in total. The molecular weight excluding hydrogens is 294 g/mol. The van der Waals surface area contributed by atoms with E-state index in [9.17, 15) is 15.0 Å². The van der Waals surface area contributed by atoms with E-state index in [0.29, 0.717) is 24.1 Å². The van der Waals surface area contributed by atoms with E-state index in [4.69, 9.17) is 4.42 Å². The number of aliphatic hydroxyl groups is 1. The number of nitrogens with zero attached hydrogens (tertiary/aromatic N) is 1. The van der Waals surface area contributed by atoms with Crippen molar-refractivity contribution in [1.29, 1.82) is 0 Å². The number of phenols is 1. The summed E-state index contributed by atoms with van der Waals surface area (Å²) >= 11 is 0. The first-order valence-electron chi connectivity index (χ1n) is 8.18. The summed E-state index contributed by atoms with van der Waals surface area (Å²) in [7, 11) is 0. The highest BCUT2D eigenvalue weighted by atomic mass is 16.4. The third-order valence-electron chi connectivity index (χ3n) is 4.71. The van der Waals surface area contributed by atoms with Crippen LogP contribution < -0.4 is 5.63 Å². The Morgan fingerprint density at radius 3 is 2.65 bits per heavy atom. The molecule has 5 heteroatoms. The van der Waals surface area contributed by atoms with Crippen LogP contribution in [0.4, 0.5) is 0 Å². The van der Waals surface area contributed by atoms with Gasteiger partial charge in [0.1, 0.15) is 11.3 Å². The van der Waals surface area contributed by atoms with Gasteiger partial charge in [0.15, 0.2) is 0 Å². The van der Waals surface area contributed by atoms with Crippen molar-refractivity contribution >= 4 is 11.0 Å². The van der Waals surface area contributed by atoms with Gasteiger partial charge in [0.05, 0.1) is 11.7 Å². The van der Waals surface area contributed by atoms with Crippen LogP contribution in [0.5, 0.6) is 5.75 Å². The number of aryl methyl sites for hydroxylation is 2. The van der Waals surface area contributed by atoms with Crippen molar-refractivity contribution in [1.82, 2.24) is 4.90 Å². The summed E-state index contributed by atoms with van der Waals surface area (Å²) in [6, 6.07) is 3.40. The van der Waals surface area contributed by atoms with Gasteiger partial charge in [-0.2, -0.15) is 0 Å². The van der Waals surface area contributed by atoms with E-state index in [1.54, 1.807) is 0 Å². The van der Waals surface area contributed by atoms with Gasteiger partial charge in [-0.15, -0.1) is 0 Å². The zero-order valence-corrected chi connectivity index (χ0v) is 13.6.